The molecule has 0 aliphatic rings. The van der Waals surface area contributed by atoms with Crippen LogP contribution >= 0.6 is 0 Å². The minimum atomic E-state index is -1.21. The minimum Gasteiger partial charge on any atom is -0.382 e. The van der Waals surface area contributed by atoms with Crippen LogP contribution in [0.3, 0.4) is 0 Å². The average molecular weight is 241 g/mol. The van der Waals surface area contributed by atoms with Gasteiger partial charge in [0.2, 0.25) is 0 Å². The molecule has 1 rings (SSSR count). The van der Waals surface area contributed by atoms with Crippen LogP contribution in [0.1, 0.15) is 38.9 Å². The first-order valence-electron chi connectivity index (χ1n) is 5.86. The number of hydrogen-bond acceptors (Lipinski definition) is 4. The van der Waals surface area contributed by atoms with E-state index in [0.717, 1.165) is 6.42 Å². The third kappa shape index (κ3) is 4.02. The van der Waals surface area contributed by atoms with Crippen molar-refractivity contribution in [3.05, 3.63) is 24.3 Å². The summed E-state index contributed by atoms with van der Waals surface area (Å²) in [6, 6.07) is 1.36. The van der Waals surface area contributed by atoms with Gasteiger partial charge in [-0.1, -0.05) is 13.3 Å². The molecule has 0 amide bonds. The van der Waals surface area contributed by atoms with Crippen molar-refractivity contribution >= 4 is 0 Å². The Hall–Kier alpha value is -1.07. The zero-order valence-electron chi connectivity index (χ0n) is 10.6. The Morgan fingerprint density at radius 2 is 2.06 bits per heavy atom. The number of aromatic nitrogens is 2. The SMILES string of the molecule is CCCC(CC(C)(O)c1ncccn1)N(C)F. The van der Waals surface area contributed by atoms with Crippen LogP contribution in [-0.2, 0) is 5.60 Å². The summed E-state index contributed by atoms with van der Waals surface area (Å²) in [5.74, 6) is 0.336. The first-order valence-corrected chi connectivity index (χ1v) is 5.86. The van der Waals surface area contributed by atoms with E-state index in [1.165, 1.54) is 7.05 Å². The highest BCUT2D eigenvalue weighted by molar-refractivity contribution is 5.01. The molecule has 5 heteroatoms. The van der Waals surface area contributed by atoms with Crippen LogP contribution in [0.4, 0.5) is 4.48 Å². The van der Waals surface area contributed by atoms with E-state index in [9.17, 15) is 9.59 Å². The maximum absolute atomic E-state index is 13.3. The van der Waals surface area contributed by atoms with Crippen LogP contribution in [0.5, 0.6) is 0 Å². The van der Waals surface area contributed by atoms with E-state index in [4.69, 9.17) is 0 Å². The molecular formula is C12H20FN3O. The van der Waals surface area contributed by atoms with Gasteiger partial charge < -0.3 is 5.11 Å². The molecule has 0 fully saturated rings. The number of nitrogens with zero attached hydrogens (tertiary/aromatic N) is 3. The third-order valence-corrected chi connectivity index (χ3v) is 2.81. The number of hydrogen-bond donors (Lipinski definition) is 1. The van der Waals surface area contributed by atoms with E-state index in [2.05, 4.69) is 9.97 Å². The van der Waals surface area contributed by atoms with Crippen molar-refractivity contribution in [3.63, 3.8) is 0 Å². The van der Waals surface area contributed by atoms with Gasteiger partial charge in [0.15, 0.2) is 5.82 Å². The third-order valence-electron chi connectivity index (χ3n) is 2.81. The lowest BCUT2D eigenvalue weighted by molar-refractivity contribution is -0.0510. The summed E-state index contributed by atoms with van der Waals surface area (Å²) in [6.07, 6.45) is 4.98. The van der Waals surface area contributed by atoms with Gasteiger partial charge in [-0.15, -0.1) is 9.60 Å². The van der Waals surface area contributed by atoms with E-state index in [-0.39, 0.29) is 12.5 Å². The highest BCUT2D eigenvalue weighted by Gasteiger charge is 2.31. The molecule has 2 atom stereocenters. The van der Waals surface area contributed by atoms with Crippen LogP contribution < -0.4 is 0 Å². The van der Waals surface area contributed by atoms with E-state index in [0.29, 0.717) is 17.4 Å². The molecular weight excluding hydrogens is 221 g/mol. The maximum atomic E-state index is 13.3. The average Bonchev–Trinajstić information content (AvgIpc) is 2.29. The quantitative estimate of drug-likeness (QED) is 0.774. The molecule has 2 unspecified atom stereocenters. The molecule has 0 aliphatic heterocycles. The largest absolute Gasteiger partial charge is 0.382 e. The second-order valence-corrected chi connectivity index (χ2v) is 4.52. The van der Waals surface area contributed by atoms with Gasteiger partial charge in [0, 0.05) is 31.9 Å². The van der Waals surface area contributed by atoms with Crippen molar-refractivity contribution in [1.82, 2.24) is 15.1 Å². The van der Waals surface area contributed by atoms with Gasteiger partial charge in [-0.05, 0) is 19.4 Å². The number of halogens is 1. The van der Waals surface area contributed by atoms with Crippen molar-refractivity contribution in [3.8, 4) is 0 Å². The van der Waals surface area contributed by atoms with Crippen molar-refractivity contribution in [2.24, 2.45) is 0 Å². The summed E-state index contributed by atoms with van der Waals surface area (Å²) >= 11 is 0. The van der Waals surface area contributed by atoms with Gasteiger partial charge in [-0.3, -0.25) is 0 Å². The molecule has 0 radical (unpaired) electrons. The van der Waals surface area contributed by atoms with Gasteiger partial charge in [0.05, 0.1) is 0 Å². The Morgan fingerprint density at radius 1 is 1.47 bits per heavy atom. The van der Waals surface area contributed by atoms with Gasteiger partial charge >= 0.3 is 0 Å². The summed E-state index contributed by atoms with van der Waals surface area (Å²) in [7, 11) is 1.38. The topological polar surface area (TPSA) is 49.3 Å². The summed E-state index contributed by atoms with van der Waals surface area (Å²) in [5.41, 5.74) is -1.21. The molecule has 1 aromatic heterocycles. The normalized spacial score (nSPS) is 16.8. The van der Waals surface area contributed by atoms with E-state index in [1.54, 1.807) is 25.4 Å². The molecule has 1 aromatic rings. The van der Waals surface area contributed by atoms with E-state index >= 15 is 0 Å². The standard InChI is InChI=1S/C12H20FN3O/c1-4-6-10(16(3)13)9-12(2,17)11-14-7-5-8-15-11/h5,7-8,10,17H,4,6,9H2,1-3H3. The number of aliphatic hydroxyl groups is 1. The second kappa shape index (κ2) is 6.02. The van der Waals surface area contributed by atoms with E-state index < -0.39 is 5.60 Å². The molecule has 17 heavy (non-hydrogen) atoms. The summed E-state index contributed by atoms with van der Waals surface area (Å²) in [4.78, 5) is 8.04. The first kappa shape index (κ1) is 14.0. The predicted octanol–water partition coefficient (Wildman–Crippen LogP) is 2.06. The van der Waals surface area contributed by atoms with Crippen LogP contribution in [0.25, 0.3) is 0 Å². The fourth-order valence-electron chi connectivity index (χ4n) is 1.87. The fourth-order valence-corrected chi connectivity index (χ4v) is 1.87. The van der Waals surface area contributed by atoms with Gasteiger partial charge in [0.1, 0.15) is 5.60 Å². The Balaban J connectivity index is 2.77. The van der Waals surface area contributed by atoms with Crippen molar-refractivity contribution in [2.45, 2.75) is 44.8 Å². The van der Waals surface area contributed by atoms with Crippen LogP contribution in [0, 0.1) is 0 Å². The summed E-state index contributed by atoms with van der Waals surface area (Å²) < 4.78 is 13.3. The van der Waals surface area contributed by atoms with Crippen molar-refractivity contribution in [2.75, 3.05) is 7.05 Å². The number of rotatable bonds is 6. The Kier molecular flexibility index (Phi) is 4.96. The molecule has 0 aliphatic carbocycles. The fraction of sp³-hybridized carbons (Fsp3) is 0.667. The molecule has 1 heterocycles. The van der Waals surface area contributed by atoms with E-state index in [1.807, 2.05) is 6.92 Å². The highest BCUT2D eigenvalue weighted by Crippen LogP contribution is 2.26. The molecule has 0 aromatic carbocycles. The zero-order chi connectivity index (χ0) is 12.9. The maximum Gasteiger partial charge on any atom is 0.159 e. The van der Waals surface area contributed by atoms with Crippen LogP contribution in [0.15, 0.2) is 18.5 Å². The molecule has 0 saturated carbocycles. The smallest absolute Gasteiger partial charge is 0.159 e. The predicted molar refractivity (Wildman–Crippen MR) is 63.8 cm³/mol. The van der Waals surface area contributed by atoms with Gasteiger partial charge in [-0.2, -0.15) is 0 Å². The Morgan fingerprint density at radius 3 is 2.53 bits per heavy atom. The molecule has 0 saturated heterocycles. The minimum absolute atomic E-state index is 0.276. The van der Waals surface area contributed by atoms with Crippen LogP contribution in [-0.4, -0.2) is 33.3 Å². The lowest BCUT2D eigenvalue weighted by atomic mass is 9.93. The Bertz CT molecular complexity index is 330. The lowest BCUT2D eigenvalue weighted by Gasteiger charge is -2.28. The molecule has 4 nitrogen and oxygen atoms in total. The van der Waals surface area contributed by atoms with Crippen molar-refractivity contribution < 1.29 is 9.59 Å². The zero-order valence-corrected chi connectivity index (χ0v) is 10.6. The lowest BCUT2D eigenvalue weighted by Crippen LogP contribution is -2.35. The highest BCUT2D eigenvalue weighted by atomic mass is 19.2. The van der Waals surface area contributed by atoms with Crippen molar-refractivity contribution in [1.29, 1.82) is 0 Å². The summed E-state index contributed by atoms with van der Waals surface area (Å²) in [5, 5.41) is 11.0. The molecule has 1 N–H and O–H groups in total. The van der Waals surface area contributed by atoms with Crippen LogP contribution in [0.2, 0.25) is 0 Å². The Labute approximate surface area is 101 Å². The first-order chi connectivity index (χ1) is 7.97. The van der Waals surface area contributed by atoms with Gasteiger partial charge in [-0.25, -0.2) is 9.97 Å². The summed E-state index contributed by atoms with van der Waals surface area (Å²) in [6.45, 7) is 3.61. The molecule has 96 valence electrons. The molecule has 0 bridgehead atoms. The monoisotopic (exact) mass is 241 g/mol. The van der Waals surface area contributed by atoms with Gasteiger partial charge in [0.25, 0.3) is 0 Å². The second-order valence-electron chi connectivity index (χ2n) is 4.52. The molecule has 0 spiro atoms.